The molecule has 1 unspecified atom stereocenters. The number of hydrogen-bond donors (Lipinski definition) is 1. The molecule has 0 aliphatic heterocycles. The van der Waals surface area contributed by atoms with Crippen molar-refractivity contribution in [2.75, 3.05) is 33.7 Å². The molecule has 0 aromatic heterocycles. The molecule has 0 bridgehead atoms. The van der Waals surface area contributed by atoms with E-state index in [-0.39, 0.29) is 17.9 Å². The van der Waals surface area contributed by atoms with Crippen LogP contribution >= 0.6 is 0 Å². The van der Waals surface area contributed by atoms with Gasteiger partial charge in [0.25, 0.3) is 0 Å². The molecule has 0 aromatic rings. The lowest BCUT2D eigenvalue weighted by molar-refractivity contribution is -0.130. The van der Waals surface area contributed by atoms with Crippen molar-refractivity contribution < 1.29 is 9.59 Å². The standard InChI is InChI=1S/C13H27N3O2/c1-6-11(2)14-13(18)7-8-16(12(3)17)10-9-15(4)5/h11H,6-10H2,1-5H3,(H,14,18). The predicted octanol–water partition coefficient (Wildman–Crippen LogP) is 0.701. The van der Waals surface area contributed by atoms with Gasteiger partial charge < -0.3 is 15.1 Å². The predicted molar refractivity (Wildman–Crippen MR) is 73.3 cm³/mol. The fourth-order valence-corrected chi connectivity index (χ4v) is 1.43. The van der Waals surface area contributed by atoms with Crippen molar-refractivity contribution >= 4 is 11.8 Å². The second-order valence-electron chi connectivity index (χ2n) is 4.94. The molecule has 1 N–H and O–H groups in total. The van der Waals surface area contributed by atoms with E-state index in [1.165, 1.54) is 0 Å². The van der Waals surface area contributed by atoms with Crippen molar-refractivity contribution in [3.63, 3.8) is 0 Å². The number of carbonyl (C=O) groups is 2. The van der Waals surface area contributed by atoms with Crippen LogP contribution in [0.1, 0.15) is 33.6 Å². The zero-order valence-electron chi connectivity index (χ0n) is 12.3. The lowest BCUT2D eigenvalue weighted by Gasteiger charge is -2.23. The Bertz CT molecular complexity index is 267. The second-order valence-corrected chi connectivity index (χ2v) is 4.94. The Balaban J connectivity index is 4.03. The summed E-state index contributed by atoms with van der Waals surface area (Å²) in [5.74, 6) is 0.0358. The first-order chi connectivity index (χ1) is 8.36. The third-order valence-electron chi connectivity index (χ3n) is 2.89. The molecule has 1 atom stereocenters. The Morgan fingerprint density at radius 2 is 1.78 bits per heavy atom. The van der Waals surface area contributed by atoms with Crippen molar-refractivity contribution in [1.82, 2.24) is 15.1 Å². The van der Waals surface area contributed by atoms with Crippen molar-refractivity contribution in [3.05, 3.63) is 0 Å². The first-order valence-corrected chi connectivity index (χ1v) is 6.56. The second kappa shape index (κ2) is 8.91. The molecule has 5 nitrogen and oxygen atoms in total. The van der Waals surface area contributed by atoms with E-state index in [9.17, 15) is 9.59 Å². The maximum Gasteiger partial charge on any atom is 0.221 e. The molecule has 0 spiro atoms. The lowest BCUT2D eigenvalue weighted by atomic mass is 10.2. The first kappa shape index (κ1) is 16.9. The van der Waals surface area contributed by atoms with Gasteiger partial charge in [0.05, 0.1) is 0 Å². The lowest BCUT2D eigenvalue weighted by Crippen LogP contribution is -2.39. The average Bonchev–Trinajstić information content (AvgIpc) is 2.27. The van der Waals surface area contributed by atoms with E-state index in [0.29, 0.717) is 19.5 Å². The van der Waals surface area contributed by atoms with E-state index < -0.39 is 0 Å². The molecule has 0 heterocycles. The highest BCUT2D eigenvalue weighted by atomic mass is 16.2. The van der Waals surface area contributed by atoms with Gasteiger partial charge in [-0.25, -0.2) is 0 Å². The van der Waals surface area contributed by atoms with Crippen LogP contribution in [0.3, 0.4) is 0 Å². The van der Waals surface area contributed by atoms with Gasteiger partial charge in [-0.2, -0.15) is 0 Å². The van der Waals surface area contributed by atoms with Crippen LogP contribution in [0, 0.1) is 0 Å². The number of nitrogens with zero attached hydrogens (tertiary/aromatic N) is 2. The Labute approximate surface area is 111 Å². The van der Waals surface area contributed by atoms with Gasteiger partial charge in [-0.15, -0.1) is 0 Å². The number of rotatable bonds is 8. The molecule has 106 valence electrons. The zero-order valence-corrected chi connectivity index (χ0v) is 12.3. The molecule has 0 saturated heterocycles. The third-order valence-corrected chi connectivity index (χ3v) is 2.89. The minimum Gasteiger partial charge on any atom is -0.354 e. The molecule has 0 aliphatic rings. The van der Waals surface area contributed by atoms with Gasteiger partial charge in [-0.3, -0.25) is 9.59 Å². The van der Waals surface area contributed by atoms with Gasteiger partial charge in [0.2, 0.25) is 11.8 Å². The topological polar surface area (TPSA) is 52.7 Å². The highest BCUT2D eigenvalue weighted by Gasteiger charge is 2.12. The zero-order chi connectivity index (χ0) is 14.1. The smallest absolute Gasteiger partial charge is 0.221 e. The molecule has 0 fully saturated rings. The van der Waals surface area contributed by atoms with Crippen LogP contribution in [0.5, 0.6) is 0 Å². The summed E-state index contributed by atoms with van der Waals surface area (Å²) >= 11 is 0. The molecule has 0 aliphatic carbocycles. The Kier molecular flexibility index (Phi) is 8.37. The SMILES string of the molecule is CCC(C)NC(=O)CCN(CCN(C)C)C(C)=O. The highest BCUT2D eigenvalue weighted by molar-refractivity contribution is 5.78. The number of nitrogens with one attached hydrogen (secondary N) is 1. The van der Waals surface area contributed by atoms with Crippen LogP contribution in [0.2, 0.25) is 0 Å². The Hall–Kier alpha value is -1.10. The van der Waals surface area contributed by atoms with Gasteiger partial charge in [-0.1, -0.05) is 6.92 Å². The van der Waals surface area contributed by atoms with Crippen molar-refractivity contribution in [2.24, 2.45) is 0 Å². The van der Waals surface area contributed by atoms with Crippen molar-refractivity contribution in [3.8, 4) is 0 Å². The Morgan fingerprint density at radius 3 is 2.22 bits per heavy atom. The number of amides is 2. The van der Waals surface area contributed by atoms with Crippen molar-refractivity contribution in [2.45, 2.75) is 39.7 Å². The summed E-state index contributed by atoms with van der Waals surface area (Å²) in [6.07, 6.45) is 1.29. The summed E-state index contributed by atoms with van der Waals surface area (Å²) in [5, 5.41) is 2.90. The van der Waals surface area contributed by atoms with Crippen LogP contribution in [0.25, 0.3) is 0 Å². The largest absolute Gasteiger partial charge is 0.354 e. The summed E-state index contributed by atoms with van der Waals surface area (Å²) in [6.45, 7) is 7.52. The summed E-state index contributed by atoms with van der Waals surface area (Å²) in [6, 6.07) is 0.199. The molecule has 0 rings (SSSR count). The summed E-state index contributed by atoms with van der Waals surface area (Å²) in [7, 11) is 3.93. The molecule has 0 radical (unpaired) electrons. The first-order valence-electron chi connectivity index (χ1n) is 6.56. The fourth-order valence-electron chi connectivity index (χ4n) is 1.43. The third kappa shape index (κ3) is 8.06. The van der Waals surface area contributed by atoms with Crippen LogP contribution in [0.15, 0.2) is 0 Å². The molecule has 5 heteroatoms. The molecule has 18 heavy (non-hydrogen) atoms. The highest BCUT2D eigenvalue weighted by Crippen LogP contribution is 1.96. The maximum absolute atomic E-state index is 11.6. The van der Waals surface area contributed by atoms with E-state index in [1.807, 2.05) is 32.8 Å². The van der Waals surface area contributed by atoms with Gasteiger partial charge in [0.15, 0.2) is 0 Å². The quantitative estimate of drug-likeness (QED) is 0.696. The normalized spacial score (nSPS) is 12.3. The van der Waals surface area contributed by atoms with Crippen LogP contribution in [-0.2, 0) is 9.59 Å². The van der Waals surface area contributed by atoms with E-state index in [0.717, 1.165) is 13.0 Å². The number of likely N-dealkylation sites (N-methyl/N-ethyl adjacent to an activating group) is 1. The molecule has 0 saturated carbocycles. The van der Waals surface area contributed by atoms with Gasteiger partial charge >= 0.3 is 0 Å². The molecular formula is C13H27N3O2. The van der Waals surface area contributed by atoms with E-state index in [1.54, 1.807) is 11.8 Å². The van der Waals surface area contributed by atoms with Crippen LogP contribution < -0.4 is 5.32 Å². The fraction of sp³-hybridized carbons (Fsp3) is 0.846. The minimum absolute atomic E-state index is 0.0143. The molecule has 0 aromatic carbocycles. The maximum atomic E-state index is 11.6. The summed E-state index contributed by atoms with van der Waals surface area (Å²) < 4.78 is 0. The minimum atomic E-state index is 0.0143. The molecule has 2 amide bonds. The van der Waals surface area contributed by atoms with E-state index >= 15 is 0 Å². The Morgan fingerprint density at radius 1 is 1.17 bits per heavy atom. The van der Waals surface area contributed by atoms with E-state index in [2.05, 4.69) is 5.32 Å². The van der Waals surface area contributed by atoms with Crippen LogP contribution in [-0.4, -0.2) is 61.4 Å². The average molecular weight is 257 g/mol. The van der Waals surface area contributed by atoms with Gasteiger partial charge in [0, 0.05) is 39.0 Å². The van der Waals surface area contributed by atoms with Crippen LogP contribution in [0.4, 0.5) is 0 Å². The van der Waals surface area contributed by atoms with E-state index in [4.69, 9.17) is 0 Å². The van der Waals surface area contributed by atoms with Gasteiger partial charge in [-0.05, 0) is 27.4 Å². The van der Waals surface area contributed by atoms with Crippen molar-refractivity contribution in [1.29, 1.82) is 0 Å². The number of hydrogen-bond acceptors (Lipinski definition) is 3. The molecular weight excluding hydrogens is 230 g/mol. The monoisotopic (exact) mass is 257 g/mol. The van der Waals surface area contributed by atoms with Gasteiger partial charge in [0.1, 0.15) is 0 Å². The summed E-state index contributed by atoms with van der Waals surface area (Å²) in [5.41, 5.74) is 0. The number of carbonyl (C=O) groups excluding carboxylic acids is 2. The summed E-state index contributed by atoms with van der Waals surface area (Å²) in [4.78, 5) is 26.8.